The molecule has 0 saturated heterocycles. The van der Waals surface area contributed by atoms with Crippen molar-refractivity contribution in [1.29, 1.82) is 0 Å². The van der Waals surface area contributed by atoms with Gasteiger partial charge in [0.15, 0.2) is 0 Å². The van der Waals surface area contributed by atoms with Gasteiger partial charge >= 0.3 is 0 Å². The molecule has 88 valence electrons. The van der Waals surface area contributed by atoms with Gasteiger partial charge in [0.1, 0.15) is 0 Å². The lowest BCUT2D eigenvalue weighted by Gasteiger charge is -2.21. The minimum absolute atomic E-state index is 0.657. The molecule has 16 heavy (non-hydrogen) atoms. The molecule has 1 aromatic heterocycles. The summed E-state index contributed by atoms with van der Waals surface area (Å²) in [7, 11) is 0. The van der Waals surface area contributed by atoms with Crippen LogP contribution in [0.2, 0.25) is 0 Å². The van der Waals surface area contributed by atoms with Gasteiger partial charge in [-0.15, -0.1) is 0 Å². The second-order valence-electron chi connectivity index (χ2n) is 4.35. The van der Waals surface area contributed by atoms with Crippen LogP contribution in [-0.2, 0) is 6.42 Å². The number of hydrogen-bond donors (Lipinski definition) is 1. The van der Waals surface area contributed by atoms with E-state index in [9.17, 15) is 0 Å². The van der Waals surface area contributed by atoms with Gasteiger partial charge in [0.25, 0.3) is 0 Å². The van der Waals surface area contributed by atoms with Gasteiger partial charge in [0.2, 0.25) is 5.95 Å². The Kier molecular flexibility index (Phi) is 3.72. The fourth-order valence-corrected chi connectivity index (χ4v) is 1.87. The SMILES string of the molecule is CCCN(c1ncc(CCN)cn1)C1CC1. The number of aromatic nitrogens is 2. The lowest BCUT2D eigenvalue weighted by Crippen LogP contribution is -2.28. The molecule has 1 aliphatic rings. The van der Waals surface area contributed by atoms with Crippen LogP contribution in [0.1, 0.15) is 31.7 Å². The van der Waals surface area contributed by atoms with Crippen molar-refractivity contribution < 1.29 is 0 Å². The average Bonchev–Trinajstić information content (AvgIpc) is 3.12. The van der Waals surface area contributed by atoms with E-state index in [2.05, 4.69) is 21.8 Å². The quantitative estimate of drug-likeness (QED) is 0.786. The second-order valence-corrected chi connectivity index (χ2v) is 4.35. The zero-order valence-electron chi connectivity index (χ0n) is 9.89. The Labute approximate surface area is 96.9 Å². The highest BCUT2D eigenvalue weighted by Gasteiger charge is 2.29. The first-order chi connectivity index (χ1) is 7.85. The van der Waals surface area contributed by atoms with Crippen molar-refractivity contribution in [1.82, 2.24) is 9.97 Å². The standard InChI is InChI=1S/C12H20N4/c1-2-7-16(11-3-4-11)12-14-8-10(5-6-13)9-15-12/h8-9,11H,2-7,13H2,1H3. The van der Waals surface area contributed by atoms with Gasteiger partial charge in [0, 0.05) is 25.0 Å². The highest BCUT2D eigenvalue weighted by molar-refractivity contribution is 5.34. The molecule has 0 aliphatic heterocycles. The molecule has 0 aromatic carbocycles. The minimum Gasteiger partial charge on any atom is -0.338 e. The van der Waals surface area contributed by atoms with Crippen LogP contribution in [0.5, 0.6) is 0 Å². The number of nitrogens with two attached hydrogens (primary N) is 1. The van der Waals surface area contributed by atoms with Crippen LogP contribution < -0.4 is 10.6 Å². The van der Waals surface area contributed by atoms with E-state index in [1.807, 2.05) is 12.4 Å². The summed E-state index contributed by atoms with van der Waals surface area (Å²) >= 11 is 0. The zero-order chi connectivity index (χ0) is 11.4. The van der Waals surface area contributed by atoms with Gasteiger partial charge in [-0.05, 0) is 37.8 Å². The topological polar surface area (TPSA) is 55.0 Å². The Balaban J connectivity index is 2.05. The predicted molar refractivity (Wildman–Crippen MR) is 65.4 cm³/mol. The summed E-state index contributed by atoms with van der Waals surface area (Å²) in [5.41, 5.74) is 6.62. The molecule has 1 aromatic rings. The lowest BCUT2D eigenvalue weighted by molar-refractivity contribution is 0.732. The monoisotopic (exact) mass is 220 g/mol. The normalized spacial score (nSPS) is 15.1. The molecule has 1 saturated carbocycles. The first kappa shape index (κ1) is 11.3. The van der Waals surface area contributed by atoms with Gasteiger partial charge in [-0.1, -0.05) is 6.92 Å². The first-order valence-electron chi connectivity index (χ1n) is 6.12. The predicted octanol–water partition coefficient (Wildman–Crippen LogP) is 1.36. The maximum atomic E-state index is 5.50. The third kappa shape index (κ3) is 2.70. The Morgan fingerprint density at radius 1 is 1.38 bits per heavy atom. The van der Waals surface area contributed by atoms with E-state index in [-0.39, 0.29) is 0 Å². The maximum absolute atomic E-state index is 5.50. The summed E-state index contributed by atoms with van der Waals surface area (Å²) in [6.45, 7) is 3.91. The third-order valence-corrected chi connectivity index (χ3v) is 2.83. The summed E-state index contributed by atoms with van der Waals surface area (Å²) in [5.74, 6) is 0.880. The minimum atomic E-state index is 0.657. The van der Waals surface area contributed by atoms with Crippen molar-refractivity contribution in [3.8, 4) is 0 Å². The fourth-order valence-electron chi connectivity index (χ4n) is 1.87. The first-order valence-corrected chi connectivity index (χ1v) is 6.12. The van der Waals surface area contributed by atoms with E-state index in [0.717, 1.165) is 30.9 Å². The van der Waals surface area contributed by atoms with Crippen molar-refractivity contribution in [2.45, 2.75) is 38.6 Å². The third-order valence-electron chi connectivity index (χ3n) is 2.83. The molecule has 0 amide bonds. The fraction of sp³-hybridized carbons (Fsp3) is 0.667. The number of hydrogen-bond acceptors (Lipinski definition) is 4. The van der Waals surface area contributed by atoms with Crippen LogP contribution in [0.25, 0.3) is 0 Å². The Morgan fingerprint density at radius 2 is 2.06 bits per heavy atom. The molecule has 1 aliphatic carbocycles. The molecule has 4 heteroatoms. The van der Waals surface area contributed by atoms with E-state index in [0.29, 0.717) is 12.6 Å². The number of anilines is 1. The van der Waals surface area contributed by atoms with Crippen LogP contribution >= 0.6 is 0 Å². The second kappa shape index (κ2) is 5.25. The molecule has 1 fully saturated rings. The van der Waals surface area contributed by atoms with E-state index < -0.39 is 0 Å². The van der Waals surface area contributed by atoms with Crippen molar-refractivity contribution in [3.05, 3.63) is 18.0 Å². The van der Waals surface area contributed by atoms with Crippen LogP contribution in [-0.4, -0.2) is 29.1 Å². The molecule has 2 N–H and O–H groups in total. The Bertz CT molecular complexity index is 318. The van der Waals surface area contributed by atoms with Crippen LogP contribution in [0.15, 0.2) is 12.4 Å². The van der Waals surface area contributed by atoms with Crippen molar-refractivity contribution in [2.75, 3.05) is 18.0 Å². The summed E-state index contributed by atoms with van der Waals surface area (Å²) in [5, 5.41) is 0. The number of nitrogens with zero attached hydrogens (tertiary/aromatic N) is 3. The highest BCUT2D eigenvalue weighted by Crippen LogP contribution is 2.29. The molecular weight excluding hydrogens is 200 g/mol. The molecule has 0 bridgehead atoms. The summed E-state index contributed by atoms with van der Waals surface area (Å²) in [6, 6.07) is 0.681. The molecule has 0 atom stereocenters. The average molecular weight is 220 g/mol. The van der Waals surface area contributed by atoms with E-state index in [4.69, 9.17) is 5.73 Å². The van der Waals surface area contributed by atoms with Gasteiger partial charge in [-0.3, -0.25) is 0 Å². The Morgan fingerprint density at radius 3 is 2.56 bits per heavy atom. The molecule has 0 spiro atoms. The smallest absolute Gasteiger partial charge is 0.225 e. The van der Waals surface area contributed by atoms with Crippen LogP contribution in [0, 0.1) is 0 Å². The van der Waals surface area contributed by atoms with Gasteiger partial charge in [-0.2, -0.15) is 0 Å². The molecule has 0 radical (unpaired) electrons. The lowest BCUT2D eigenvalue weighted by atomic mass is 10.2. The van der Waals surface area contributed by atoms with Crippen LogP contribution in [0.3, 0.4) is 0 Å². The van der Waals surface area contributed by atoms with Crippen molar-refractivity contribution >= 4 is 5.95 Å². The Hall–Kier alpha value is -1.16. The van der Waals surface area contributed by atoms with Crippen molar-refractivity contribution in [3.63, 3.8) is 0 Å². The largest absolute Gasteiger partial charge is 0.338 e. The van der Waals surface area contributed by atoms with E-state index >= 15 is 0 Å². The van der Waals surface area contributed by atoms with Crippen molar-refractivity contribution in [2.24, 2.45) is 5.73 Å². The zero-order valence-corrected chi connectivity index (χ0v) is 9.89. The van der Waals surface area contributed by atoms with Gasteiger partial charge < -0.3 is 10.6 Å². The highest BCUT2D eigenvalue weighted by atomic mass is 15.3. The molecule has 0 unspecified atom stereocenters. The van der Waals surface area contributed by atoms with Crippen LogP contribution in [0.4, 0.5) is 5.95 Å². The van der Waals surface area contributed by atoms with E-state index in [1.54, 1.807) is 0 Å². The molecule has 2 rings (SSSR count). The molecule has 4 nitrogen and oxygen atoms in total. The summed E-state index contributed by atoms with van der Waals surface area (Å²) in [6.07, 6.45) is 8.38. The molecule has 1 heterocycles. The molecular formula is C12H20N4. The van der Waals surface area contributed by atoms with Gasteiger partial charge in [-0.25, -0.2) is 9.97 Å². The summed E-state index contributed by atoms with van der Waals surface area (Å²) in [4.78, 5) is 11.2. The van der Waals surface area contributed by atoms with E-state index in [1.165, 1.54) is 12.8 Å². The van der Waals surface area contributed by atoms with Gasteiger partial charge in [0.05, 0.1) is 0 Å². The number of rotatable bonds is 6. The maximum Gasteiger partial charge on any atom is 0.225 e. The summed E-state index contributed by atoms with van der Waals surface area (Å²) < 4.78 is 0.